The fourth-order valence-corrected chi connectivity index (χ4v) is 2.84. The molecule has 28 heavy (non-hydrogen) atoms. The van der Waals surface area contributed by atoms with Gasteiger partial charge in [-0.3, -0.25) is 14.2 Å². The van der Waals surface area contributed by atoms with Gasteiger partial charge in [-0.05, 0) is 35.6 Å². The van der Waals surface area contributed by atoms with E-state index in [1.54, 1.807) is 30.6 Å². The Balaban J connectivity index is 1.65. The Kier molecular flexibility index (Phi) is 5.40. The lowest BCUT2D eigenvalue weighted by atomic mass is 9.86. The number of hydrogen-bond acceptors (Lipinski definition) is 4. The van der Waals surface area contributed by atoms with Crippen LogP contribution < -0.4 is 5.32 Å². The molecule has 0 radical (unpaired) electrons. The number of carbonyl (C=O) groups excluding carboxylic acids is 2. The molecule has 3 aromatic rings. The summed E-state index contributed by atoms with van der Waals surface area (Å²) in [6.45, 7) is 8.44. The maximum Gasteiger partial charge on any atom is 0.292 e. The second-order valence-electron chi connectivity index (χ2n) is 7.71. The summed E-state index contributed by atoms with van der Waals surface area (Å²) in [6, 6.07) is 10.9. The minimum Gasteiger partial charge on any atom is -0.345 e. The van der Waals surface area contributed by atoms with Crippen molar-refractivity contribution in [2.75, 3.05) is 0 Å². The van der Waals surface area contributed by atoms with Crippen LogP contribution >= 0.6 is 0 Å². The second kappa shape index (κ2) is 7.76. The van der Waals surface area contributed by atoms with Gasteiger partial charge in [-0.2, -0.15) is 0 Å². The van der Waals surface area contributed by atoms with Gasteiger partial charge >= 0.3 is 0 Å². The smallest absolute Gasteiger partial charge is 0.292 e. The van der Waals surface area contributed by atoms with Crippen molar-refractivity contribution >= 4 is 11.7 Å². The quantitative estimate of drug-likeness (QED) is 0.547. The number of carbonyl (C=O) groups is 2. The number of amides is 1. The van der Waals surface area contributed by atoms with Gasteiger partial charge in [-0.15, -0.1) is 0 Å². The van der Waals surface area contributed by atoms with Gasteiger partial charge in [0.15, 0.2) is 0 Å². The Morgan fingerprint density at radius 2 is 1.75 bits per heavy atom. The summed E-state index contributed by atoms with van der Waals surface area (Å²) in [5.41, 5.74) is 2.34. The average molecular weight is 376 g/mol. The third-order valence-electron chi connectivity index (χ3n) is 4.55. The van der Waals surface area contributed by atoms with Gasteiger partial charge in [0.1, 0.15) is 11.6 Å². The predicted octanol–water partition coefficient (Wildman–Crippen LogP) is 3.37. The van der Waals surface area contributed by atoms with Crippen LogP contribution in [-0.4, -0.2) is 26.2 Å². The van der Waals surface area contributed by atoms with Crippen LogP contribution in [0.2, 0.25) is 0 Å². The van der Waals surface area contributed by atoms with E-state index in [1.807, 2.05) is 35.9 Å². The highest BCUT2D eigenvalue weighted by Gasteiger charge is 2.18. The molecule has 2 heterocycles. The van der Waals surface area contributed by atoms with Crippen LogP contribution in [0.3, 0.4) is 0 Å². The fourth-order valence-electron chi connectivity index (χ4n) is 2.84. The molecule has 0 spiro atoms. The number of nitrogens with one attached hydrogen (secondary N) is 1. The summed E-state index contributed by atoms with van der Waals surface area (Å²) < 4.78 is 1.85. The molecule has 1 aromatic carbocycles. The molecule has 1 N–H and O–H groups in total. The topological polar surface area (TPSA) is 76.9 Å². The lowest BCUT2D eigenvalue weighted by Crippen LogP contribution is -2.30. The number of imidazole rings is 1. The van der Waals surface area contributed by atoms with E-state index >= 15 is 0 Å². The molecule has 0 aliphatic heterocycles. The molecule has 0 aliphatic carbocycles. The molecule has 0 unspecified atom stereocenters. The minimum atomic E-state index is -0.624. The van der Waals surface area contributed by atoms with Gasteiger partial charge in [-0.1, -0.05) is 45.0 Å². The van der Waals surface area contributed by atoms with Crippen molar-refractivity contribution in [1.29, 1.82) is 0 Å². The number of ketones is 1. The zero-order valence-electron chi connectivity index (χ0n) is 16.6. The van der Waals surface area contributed by atoms with Crippen molar-refractivity contribution in [3.8, 4) is 5.82 Å². The molecule has 0 saturated heterocycles. The lowest BCUT2D eigenvalue weighted by molar-refractivity contribution is -0.117. The van der Waals surface area contributed by atoms with E-state index in [0.29, 0.717) is 11.4 Å². The molecule has 0 bridgehead atoms. The van der Waals surface area contributed by atoms with E-state index in [-0.39, 0.29) is 12.0 Å². The molecule has 2 aromatic heterocycles. The summed E-state index contributed by atoms with van der Waals surface area (Å²) >= 11 is 0. The van der Waals surface area contributed by atoms with Crippen molar-refractivity contribution in [2.45, 2.75) is 39.7 Å². The van der Waals surface area contributed by atoms with E-state index in [2.05, 4.69) is 36.1 Å². The van der Waals surface area contributed by atoms with Gasteiger partial charge in [0.2, 0.25) is 5.78 Å². The van der Waals surface area contributed by atoms with E-state index in [4.69, 9.17) is 0 Å². The minimum absolute atomic E-state index is 0.00349. The number of benzene rings is 1. The van der Waals surface area contributed by atoms with Crippen LogP contribution in [0, 0.1) is 6.92 Å². The molecule has 0 saturated carbocycles. The highest BCUT2D eigenvalue weighted by Crippen LogP contribution is 2.22. The molecule has 0 aliphatic rings. The normalized spacial score (nSPS) is 11.3. The number of nitrogens with zero attached hydrogens (tertiary/aromatic N) is 3. The second-order valence-corrected chi connectivity index (χ2v) is 7.71. The Labute approximate surface area is 164 Å². The van der Waals surface area contributed by atoms with E-state index in [9.17, 15) is 9.59 Å². The summed E-state index contributed by atoms with van der Waals surface area (Å²) in [4.78, 5) is 33.2. The Bertz CT molecular complexity index is 998. The largest absolute Gasteiger partial charge is 0.345 e. The first kappa shape index (κ1) is 19.5. The maximum absolute atomic E-state index is 12.4. The Morgan fingerprint density at radius 1 is 1.04 bits per heavy atom. The Morgan fingerprint density at radius 3 is 2.36 bits per heavy atom. The summed E-state index contributed by atoms with van der Waals surface area (Å²) in [5.74, 6) is 0.370. The van der Waals surface area contributed by atoms with Gasteiger partial charge in [-0.25, -0.2) is 9.97 Å². The van der Waals surface area contributed by atoms with Crippen molar-refractivity contribution in [3.05, 3.63) is 77.5 Å². The molecule has 1 amide bonds. The first-order valence-corrected chi connectivity index (χ1v) is 9.14. The molecule has 6 heteroatoms. The number of Topliss-reactive ketones (excluding diaryl/α,β-unsaturated/α-hetero) is 1. The SMILES string of the molecule is Cc1nccn1-c1cc(CNC(=O)C(=O)c2ccc(C(C)(C)C)cc2)ccn1. The van der Waals surface area contributed by atoms with Crippen molar-refractivity contribution in [1.82, 2.24) is 19.9 Å². The molecule has 144 valence electrons. The van der Waals surface area contributed by atoms with Crippen molar-refractivity contribution in [2.24, 2.45) is 0 Å². The molecule has 6 nitrogen and oxygen atoms in total. The number of rotatable bonds is 5. The van der Waals surface area contributed by atoms with E-state index < -0.39 is 11.7 Å². The number of hydrogen-bond donors (Lipinski definition) is 1. The van der Waals surface area contributed by atoms with Gasteiger partial charge in [0, 0.05) is 30.7 Å². The zero-order chi connectivity index (χ0) is 20.3. The van der Waals surface area contributed by atoms with Gasteiger partial charge < -0.3 is 5.32 Å². The summed E-state index contributed by atoms with van der Waals surface area (Å²) in [6.07, 6.45) is 5.20. The summed E-state index contributed by atoms with van der Waals surface area (Å²) in [7, 11) is 0. The van der Waals surface area contributed by atoms with Crippen LogP contribution in [0.5, 0.6) is 0 Å². The summed E-state index contributed by atoms with van der Waals surface area (Å²) in [5, 5.41) is 2.69. The third kappa shape index (κ3) is 4.34. The van der Waals surface area contributed by atoms with Gasteiger partial charge in [0.25, 0.3) is 5.91 Å². The van der Waals surface area contributed by atoms with Crippen LogP contribution in [0.15, 0.2) is 55.0 Å². The van der Waals surface area contributed by atoms with Gasteiger partial charge in [0.05, 0.1) is 0 Å². The number of aromatic nitrogens is 3. The standard InChI is InChI=1S/C22H24N4O2/c1-15-23-11-12-26(15)19-13-16(9-10-24-19)14-25-21(28)20(27)17-5-7-18(8-6-17)22(2,3)4/h5-13H,14H2,1-4H3,(H,25,28). The van der Waals surface area contributed by atoms with Crippen LogP contribution in [0.1, 0.15) is 48.1 Å². The molecular formula is C22H24N4O2. The van der Waals surface area contributed by atoms with E-state index in [0.717, 1.165) is 17.0 Å². The van der Waals surface area contributed by atoms with Crippen molar-refractivity contribution < 1.29 is 9.59 Å². The van der Waals surface area contributed by atoms with Crippen molar-refractivity contribution in [3.63, 3.8) is 0 Å². The first-order chi connectivity index (χ1) is 13.3. The third-order valence-corrected chi connectivity index (χ3v) is 4.55. The molecule has 0 atom stereocenters. The van der Waals surface area contributed by atoms with Crippen LogP contribution in [-0.2, 0) is 16.8 Å². The van der Waals surface area contributed by atoms with E-state index in [1.165, 1.54) is 0 Å². The Hall–Kier alpha value is -3.28. The predicted molar refractivity (Wildman–Crippen MR) is 107 cm³/mol. The maximum atomic E-state index is 12.4. The highest BCUT2D eigenvalue weighted by atomic mass is 16.2. The molecular weight excluding hydrogens is 352 g/mol. The molecule has 0 fully saturated rings. The lowest BCUT2D eigenvalue weighted by Gasteiger charge is -2.18. The van der Waals surface area contributed by atoms with Crippen LogP contribution in [0.25, 0.3) is 5.82 Å². The number of pyridine rings is 1. The number of aryl methyl sites for hydroxylation is 1. The van der Waals surface area contributed by atoms with Crippen LogP contribution in [0.4, 0.5) is 0 Å². The fraction of sp³-hybridized carbons (Fsp3) is 0.273. The first-order valence-electron chi connectivity index (χ1n) is 9.14. The molecule has 3 rings (SSSR count). The zero-order valence-corrected chi connectivity index (χ0v) is 16.6. The highest BCUT2D eigenvalue weighted by molar-refractivity contribution is 6.42. The average Bonchev–Trinajstić information content (AvgIpc) is 3.11. The monoisotopic (exact) mass is 376 g/mol.